The molecule has 0 saturated carbocycles. The number of hydrogen-bond donors (Lipinski definition) is 1. The highest BCUT2D eigenvalue weighted by Gasteiger charge is 2.00. The van der Waals surface area contributed by atoms with Gasteiger partial charge in [0.05, 0.1) is 34.8 Å². The lowest BCUT2D eigenvalue weighted by Crippen LogP contribution is -1.77. The molecule has 1 aromatic heterocycles. The largest absolute Gasteiger partial charge is 0.462 e. The van der Waals surface area contributed by atoms with Crippen LogP contribution in [0.2, 0.25) is 0 Å². The number of para-hydroxylation sites is 1. The summed E-state index contributed by atoms with van der Waals surface area (Å²) in [5.41, 5.74) is 1.94. The van der Waals surface area contributed by atoms with Gasteiger partial charge in [0.1, 0.15) is 0 Å². The third-order valence-corrected chi connectivity index (χ3v) is 2.16. The summed E-state index contributed by atoms with van der Waals surface area (Å²) in [6.45, 7) is 0. The summed E-state index contributed by atoms with van der Waals surface area (Å²) in [7, 11) is 0. The number of rotatable bonds is 1. The van der Waals surface area contributed by atoms with E-state index in [9.17, 15) is 0 Å². The number of anilines is 1. The molecule has 0 fully saturated rings. The van der Waals surface area contributed by atoms with Crippen LogP contribution in [0.15, 0.2) is 34.9 Å². The van der Waals surface area contributed by atoms with Gasteiger partial charge in [0.15, 0.2) is 5.58 Å². The molecule has 3 heteroatoms. The zero-order valence-electron chi connectivity index (χ0n) is 5.67. The van der Waals surface area contributed by atoms with Gasteiger partial charge in [-0.25, -0.2) is 0 Å². The van der Waals surface area contributed by atoms with Gasteiger partial charge in [-0.15, -0.1) is 0 Å². The molecule has 0 aliphatic carbocycles. The topological polar surface area (TPSA) is 25.2 Å². The Balaban J connectivity index is 2.79. The molecule has 2 rings (SSSR count). The summed E-state index contributed by atoms with van der Waals surface area (Å²) in [5.74, 6) is 0. The van der Waals surface area contributed by atoms with Gasteiger partial charge in [-0.1, -0.05) is 12.1 Å². The minimum absolute atomic E-state index is 0.918. The third-order valence-electron chi connectivity index (χ3n) is 1.58. The Morgan fingerprint density at radius 1 is 1.27 bits per heavy atom. The number of nitrogens with one attached hydrogen (secondary N) is 1. The molecule has 11 heavy (non-hydrogen) atoms. The molecule has 0 aliphatic rings. The molecule has 1 N–H and O–H groups in total. The van der Waals surface area contributed by atoms with Crippen LogP contribution in [-0.2, 0) is 0 Å². The van der Waals surface area contributed by atoms with Crippen molar-refractivity contribution in [3.8, 4) is 0 Å². The standard InChI is InChI=1S/C8H6INO/c9-10-7-3-1-2-6-4-5-11-8(6)7/h1-5,10H. The fraction of sp³-hybridized carbons (Fsp3) is 0. The summed E-state index contributed by atoms with van der Waals surface area (Å²) in [6, 6.07) is 7.96. The number of fused-ring (bicyclic) bond motifs is 1. The first-order chi connectivity index (χ1) is 5.42. The molecular formula is C8H6INO. The Labute approximate surface area is 78.1 Å². The minimum atomic E-state index is 0.918. The smallest absolute Gasteiger partial charge is 0.157 e. The average Bonchev–Trinajstić information content (AvgIpc) is 2.50. The average molecular weight is 259 g/mol. The van der Waals surface area contributed by atoms with Crippen LogP contribution in [0.25, 0.3) is 11.0 Å². The van der Waals surface area contributed by atoms with E-state index in [4.69, 9.17) is 4.42 Å². The van der Waals surface area contributed by atoms with Crippen molar-refractivity contribution in [2.24, 2.45) is 0 Å². The van der Waals surface area contributed by atoms with Crippen LogP contribution in [0.5, 0.6) is 0 Å². The van der Waals surface area contributed by atoms with E-state index in [2.05, 4.69) is 26.4 Å². The zero-order valence-corrected chi connectivity index (χ0v) is 7.83. The van der Waals surface area contributed by atoms with Crippen molar-refractivity contribution >= 4 is 39.5 Å². The molecule has 2 nitrogen and oxygen atoms in total. The summed E-state index contributed by atoms with van der Waals surface area (Å²) >= 11 is 2.09. The summed E-state index contributed by atoms with van der Waals surface area (Å²) in [6.07, 6.45) is 1.70. The predicted molar refractivity (Wildman–Crippen MR) is 53.9 cm³/mol. The molecule has 1 aromatic carbocycles. The second kappa shape index (κ2) is 2.73. The minimum Gasteiger partial charge on any atom is -0.462 e. The van der Waals surface area contributed by atoms with Gasteiger partial charge < -0.3 is 7.95 Å². The second-order valence-electron chi connectivity index (χ2n) is 2.24. The fourth-order valence-electron chi connectivity index (χ4n) is 1.07. The number of benzene rings is 1. The van der Waals surface area contributed by atoms with Crippen LogP contribution in [0, 0.1) is 0 Å². The lowest BCUT2D eigenvalue weighted by atomic mass is 10.2. The molecule has 0 unspecified atom stereocenters. The van der Waals surface area contributed by atoms with E-state index in [1.165, 1.54) is 0 Å². The number of hydrogen-bond acceptors (Lipinski definition) is 2. The van der Waals surface area contributed by atoms with Crippen molar-refractivity contribution in [3.05, 3.63) is 30.5 Å². The van der Waals surface area contributed by atoms with Crippen molar-refractivity contribution in [3.63, 3.8) is 0 Å². The van der Waals surface area contributed by atoms with Gasteiger partial charge in [-0.3, -0.25) is 0 Å². The zero-order chi connectivity index (χ0) is 7.68. The van der Waals surface area contributed by atoms with Gasteiger partial charge in [0.25, 0.3) is 0 Å². The van der Waals surface area contributed by atoms with Gasteiger partial charge in [-0.2, -0.15) is 0 Å². The molecular weight excluding hydrogens is 253 g/mol. The molecule has 0 bridgehead atoms. The lowest BCUT2D eigenvalue weighted by Gasteiger charge is -1.96. The first kappa shape index (κ1) is 6.97. The van der Waals surface area contributed by atoms with E-state index >= 15 is 0 Å². The van der Waals surface area contributed by atoms with Gasteiger partial charge in [-0.05, 0) is 12.1 Å². The van der Waals surface area contributed by atoms with E-state index in [0.717, 1.165) is 16.7 Å². The summed E-state index contributed by atoms with van der Waals surface area (Å²) < 4.78 is 8.30. The number of halogens is 1. The molecule has 56 valence electrons. The SMILES string of the molecule is INc1cccc2ccoc12. The van der Waals surface area contributed by atoms with E-state index < -0.39 is 0 Å². The Hall–Kier alpha value is -0.710. The molecule has 0 atom stereocenters. The van der Waals surface area contributed by atoms with Crippen LogP contribution in [0.4, 0.5) is 5.69 Å². The molecule has 0 radical (unpaired) electrons. The highest BCUT2D eigenvalue weighted by atomic mass is 127. The fourth-order valence-corrected chi connectivity index (χ4v) is 1.49. The maximum absolute atomic E-state index is 5.27. The van der Waals surface area contributed by atoms with E-state index in [0.29, 0.717) is 0 Å². The van der Waals surface area contributed by atoms with Crippen molar-refractivity contribution in [1.82, 2.24) is 0 Å². The normalized spacial score (nSPS) is 10.3. The summed E-state index contributed by atoms with van der Waals surface area (Å²) in [4.78, 5) is 0. The van der Waals surface area contributed by atoms with Gasteiger partial charge in [0.2, 0.25) is 0 Å². The van der Waals surface area contributed by atoms with Crippen LogP contribution >= 0.6 is 22.9 Å². The molecule has 2 aromatic rings. The molecule has 0 saturated heterocycles. The Morgan fingerprint density at radius 2 is 2.18 bits per heavy atom. The molecule has 0 spiro atoms. The molecule has 0 amide bonds. The highest BCUT2D eigenvalue weighted by molar-refractivity contribution is 14.1. The maximum Gasteiger partial charge on any atom is 0.157 e. The second-order valence-corrected chi connectivity index (χ2v) is 2.78. The Morgan fingerprint density at radius 3 is 3.00 bits per heavy atom. The van der Waals surface area contributed by atoms with Crippen LogP contribution < -0.4 is 3.53 Å². The highest BCUT2D eigenvalue weighted by Crippen LogP contribution is 2.24. The van der Waals surface area contributed by atoms with E-state index in [1.807, 2.05) is 24.3 Å². The number of furan rings is 1. The van der Waals surface area contributed by atoms with Crippen molar-refractivity contribution in [2.45, 2.75) is 0 Å². The van der Waals surface area contributed by atoms with E-state index in [1.54, 1.807) is 6.26 Å². The van der Waals surface area contributed by atoms with Crippen LogP contribution in [-0.4, -0.2) is 0 Å². The maximum atomic E-state index is 5.27. The molecule has 1 heterocycles. The van der Waals surface area contributed by atoms with E-state index in [-0.39, 0.29) is 0 Å². The Kier molecular flexibility index (Phi) is 1.73. The van der Waals surface area contributed by atoms with Crippen LogP contribution in [0.3, 0.4) is 0 Å². The van der Waals surface area contributed by atoms with Gasteiger partial charge >= 0.3 is 0 Å². The van der Waals surface area contributed by atoms with Crippen molar-refractivity contribution < 1.29 is 4.42 Å². The van der Waals surface area contributed by atoms with Gasteiger partial charge in [0, 0.05) is 5.39 Å². The van der Waals surface area contributed by atoms with Crippen LogP contribution in [0.1, 0.15) is 0 Å². The van der Waals surface area contributed by atoms with Crippen molar-refractivity contribution in [2.75, 3.05) is 3.53 Å². The third kappa shape index (κ3) is 1.09. The quantitative estimate of drug-likeness (QED) is 0.628. The van der Waals surface area contributed by atoms with Crippen molar-refractivity contribution in [1.29, 1.82) is 0 Å². The lowest BCUT2D eigenvalue weighted by molar-refractivity contribution is 0.617. The monoisotopic (exact) mass is 259 g/mol. The Bertz CT molecular complexity index is 369. The predicted octanol–water partition coefficient (Wildman–Crippen LogP) is 3.19. The first-order valence-electron chi connectivity index (χ1n) is 3.24. The molecule has 0 aliphatic heterocycles. The summed E-state index contributed by atoms with van der Waals surface area (Å²) in [5, 5.41) is 1.13. The first-order valence-corrected chi connectivity index (χ1v) is 4.32.